The summed E-state index contributed by atoms with van der Waals surface area (Å²) in [5.41, 5.74) is 3.47. The SMILES string of the molecule is CN(C)c1ccc(NCc2cnc(N(C)C)n2C)cc1. The van der Waals surface area contributed by atoms with E-state index in [0.717, 1.165) is 23.9 Å². The van der Waals surface area contributed by atoms with Gasteiger partial charge in [-0.3, -0.25) is 0 Å². The van der Waals surface area contributed by atoms with Gasteiger partial charge in [-0.05, 0) is 24.3 Å². The zero-order valence-corrected chi connectivity index (χ0v) is 12.9. The smallest absolute Gasteiger partial charge is 0.204 e. The molecule has 0 spiro atoms. The Hall–Kier alpha value is -2.17. The van der Waals surface area contributed by atoms with E-state index in [1.54, 1.807) is 0 Å². The lowest BCUT2D eigenvalue weighted by molar-refractivity contribution is 0.814. The van der Waals surface area contributed by atoms with Gasteiger partial charge in [-0.2, -0.15) is 0 Å². The van der Waals surface area contributed by atoms with Crippen molar-refractivity contribution in [2.75, 3.05) is 43.3 Å². The molecule has 0 aliphatic rings. The zero-order valence-electron chi connectivity index (χ0n) is 12.9. The fourth-order valence-electron chi connectivity index (χ4n) is 2.08. The van der Waals surface area contributed by atoms with E-state index >= 15 is 0 Å². The van der Waals surface area contributed by atoms with Crippen molar-refractivity contribution >= 4 is 17.3 Å². The number of aromatic nitrogens is 2. The highest BCUT2D eigenvalue weighted by molar-refractivity contribution is 5.54. The molecule has 2 rings (SSSR count). The molecule has 1 aromatic heterocycles. The predicted molar refractivity (Wildman–Crippen MR) is 85.6 cm³/mol. The minimum atomic E-state index is 0.763. The van der Waals surface area contributed by atoms with Gasteiger partial charge in [0.1, 0.15) is 0 Å². The molecular formula is C15H23N5. The van der Waals surface area contributed by atoms with E-state index in [0.29, 0.717) is 0 Å². The summed E-state index contributed by atoms with van der Waals surface area (Å²) >= 11 is 0. The second-order valence-corrected chi connectivity index (χ2v) is 5.30. The van der Waals surface area contributed by atoms with Crippen LogP contribution < -0.4 is 15.1 Å². The number of imidazole rings is 1. The minimum absolute atomic E-state index is 0.763. The molecule has 1 heterocycles. The summed E-state index contributed by atoms with van der Waals surface area (Å²) in [4.78, 5) is 8.51. The van der Waals surface area contributed by atoms with Gasteiger partial charge >= 0.3 is 0 Å². The molecule has 0 amide bonds. The summed E-state index contributed by atoms with van der Waals surface area (Å²) in [7, 11) is 10.1. The van der Waals surface area contributed by atoms with Gasteiger partial charge in [0, 0.05) is 46.6 Å². The summed E-state index contributed by atoms with van der Waals surface area (Å²) < 4.78 is 2.10. The highest BCUT2D eigenvalue weighted by Crippen LogP contribution is 2.17. The maximum atomic E-state index is 4.41. The summed E-state index contributed by atoms with van der Waals surface area (Å²) in [6.07, 6.45) is 1.91. The van der Waals surface area contributed by atoms with Crippen LogP contribution in [0, 0.1) is 0 Å². The van der Waals surface area contributed by atoms with Gasteiger partial charge in [-0.25, -0.2) is 4.98 Å². The third kappa shape index (κ3) is 3.04. The third-order valence-electron chi connectivity index (χ3n) is 3.32. The fraction of sp³-hybridized carbons (Fsp3) is 0.400. The Bertz CT molecular complexity index is 554. The van der Waals surface area contributed by atoms with Gasteiger partial charge in [0.25, 0.3) is 0 Å². The number of nitrogens with one attached hydrogen (secondary N) is 1. The van der Waals surface area contributed by atoms with Crippen LogP contribution in [0.4, 0.5) is 17.3 Å². The monoisotopic (exact) mass is 273 g/mol. The Morgan fingerprint density at radius 2 is 1.70 bits per heavy atom. The molecule has 2 aromatic rings. The van der Waals surface area contributed by atoms with Crippen molar-refractivity contribution in [1.29, 1.82) is 0 Å². The lowest BCUT2D eigenvalue weighted by Gasteiger charge is -2.14. The summed E-state index contributed by atoms with van der Waals surface area (Å²) in [5.74, 6) is 0.963. The summed E-state index contributed by atoms with van der Waals surface area (Å²) in [6, 6.07) is 8.41. The minimum Gasteiger partial charge on any atom is -0.379 e. The van der Waals surface area contributed by atoms with Crippen molar-refractivity contribution in [3.05, 3.63) is 36.2 Å². The number of hydrogen-bond acceptors (Lipinski definition) is 4. The van der Waals surface area contributed by atoms with Crippen LogP contribution in [0.5, 0.6) is 0 Å². The summed E-state index contributed by atoms with van der Waals surface area (Å²) in [6.45, 7) is 0.763. The van der Waals surface area contributed by atoms with Gasteiger partial charge < -0.3 is 19.7 Å². The highest BCUT2D eigenvalue weighted by Gasteiger charge is 2.07. The van der Waals surface area contributed by atoms with Gasteiger partial charge in [0.15, 0.2) is 0 Å². The van der Waals surface area contributed by atoms with E-state index < -0.39 is 0 Å². The van der Waals surface area contributed by atoms with Gasteiger partial charge in [0.05, 0.1) is 18.4 Å². The van der Waals surface area contributed by atoms with Crippen LogP contribution in [0.1, 0.15) is 5.69 Å². The molecule has 0 atom stereocenters. The predicted octanol–water partition coefficient (Wildman–Crippen LogP) is 2.16. The van der Waals surface area contributed by atoms with E-state index in [2.05, 4.69) is 44.0 Å². The van der Waals surface area contributed by atoms with Gasteiger partial charge in [-0.1, -0.05) is 0 Å². The van der Waals surface area contributed by atoms with Crippen LogP contribution in [0.15, 0.2) is 30.5 Å². The topological polar surface area (TPSA) is 36.3 Å². The molecule has 0 bridgehead atoms. The molecule has 1 aromatic carbocycles. The lowest BCUT2D eigenvalue weighted by atomic mass is 10.2. The maximum absolute atomic E-state index is 4.41. The molecule has 0 saturated heterocycles. The number of rotatable bonds is 5. The normalized spacial score (nSPS) is 10.4. The second kappa shape index (κ2) is 5.86. The zero-order chi connectivity index (χ0) is 14.7. The Kier molecular flexibility index (Phi) is 4.17. The van der Waals surface area contributed by atoms with Crippen LogP contribution in [0.25, 0.3) is 0 Å². The van der Waals surface area contributed by atoms with Crippen molar-refractivity contribution in [3.8, 4) is 0 Å². The van der Waals surface area contributed by atoms with Gasteiger partial charge in [-0.15, -0.1) is 0 Å². The molecule has 1 N–H and O–H groups in total. The molecule has 0 aliphatic heterocycles. The van der Waals surface area contributed by atoms with Crippen LogP contribution in [-0.2, 0) is 13.6 Å². The third-order valence-corrected chi connectivity index (χ3v) is 3.32. The molecule has 0 saturated carbocycles. The number of benzene rings is 1. The second-order valence-electron chi connectivity index (χ2n) is 5.30. The quantitative estimate of drug-likeness (QED) is 0.906. The first-order valence-electron chi connectivity index (χ1n) is 6.68. The van der Waals surface area contributed by atoms with E-state index in [-0.39, 0.29) is 0 Å². The van der Waals surface area contributed by atoms with Crippen molar-refractivity contribution < 1.29 is 0 Å². The van der Waals surface area contributed by atoms with Crippen LogP contribution in [-0.4, -0.2) is 37.7 Å². The first kappa shape index (κ1) is 14.2. The van der Waals surface area contributed by atoms with Crippen molar-refractivity contribution in [1.82, 2.24) is 9.55 Å². The Morgan fingerprint density at radius 3 is 2.20 bits per heavy atom. The van der Waals surface area contributed by atoms with Crippen LogP contribution in [0.3, 0.4) is 0 Å². The van der Waals surface area contributed by atoms with Gasteiger partial charge in [0.2, 0.25) is 5.95 Å². The number of anilines is 3. The first-order chi connectivity index (χ1) is 9.49. The number of nitrogens with zero attached hydrogens (tertiary/aromatic N) is 4. The lowest BCUT2D eigenvalue weighted by Crippen LogP contribution is -2.15. The van der Waals surface area contributed by atoms with Crippen molar-refractivity contribution in [2.45, 2.75) is 6.54 Å². The van der Waals surface area contributed by atoms with Crippen LogP contribution >= 0.6 is 0 Å². The standard InChI is InChI=1S/C15H23N5/c1-18(2)13-8-6-12(7-9-13)16-10-14-11-17-15(19(3)4)20(14)5/h6-9,11,16H,10H2,1-5H3. The molecule has 20 heavy (non-hydrogen) atoms. The molecule has 5 heteroatoms. The van der Waals surface area contributed by atoms with Crippen molar-refractivity contribution in [2.24, 2.45) is 7.05 Å². The Balaban J connectivity index is 2.02. The molecule has 5 nitrogen and oxygen atoms in total. The number of hydrogen-bond donors (Lipinski definition) is 1. The molecule has 0 radical (unpaired) electrons. The van der Waals surface area contributed by atoms with Crippen LogP contribution in [0.2, 0.25) is 0 Å². The first-order valence-corrected chi connectivity index (χ1v) is 6.68. The Labute approximate surface area is 120 Å². The average molecular weight is 273 g/mol. The molecule has 0 fully saturated rings. The molecule has 0 aliphatic carbocycles. The fourth-order valence-corrected chi connectivity index (χ4v) is 2.08. The van der Waals surface area contributed by atoms with Crippen molar-refractivity contribution in [3.63, 3.8) is 0 Å². The molecular weight excluding hydrogens is 250 g/mol. The van der Waals surface area contributed by atoms with E-state index in [4.69, 9.17) is 0 Å². The van der Waals surface area contributed by atoms with E-state index in [1.165, 1.54) is 5.69 Å². The maximum Gasteiger partial charge on any atom is 0.204 e. The molecule has 0 unspecified atom stereocenters. The largest absolute Gasteiger partial charge is 0.379 e. The highest BCUT2D eigenvalue weighted by atomic mass is 15.3. The van der Waals surface area contributed by atoms with E-state index in [1.807, 2.05) is 46.3 Å². The molecule has 108 valence electrons. The van der Waals surface area contributed by atoms with E-state index in [9.17, 15) is 0 Å². The average Bonchev–Trinajstić information content (AvgIpc) is 2.78. The Morgan fingerprint density at radius 1 is 1.05 bits per heavy atom. The summed E-state index contributed by atoms with van der Waals surface area (Å²) in [5, 5.41) is 3.42.